The van der Waals surface area contributed by atoms with Crippen LogP contribution in [0, 0.1) is 0 Å². The van der Waals surface area contributed by atoms with Gasteiger partial charge in [0.1, 0.15) is 0 Å². The number of thioether (sulfide) groups is 1. The van der Waals surface area contributed by atoms with Crippen molar-refractivity contribution in [1.82, 2.24) is 5.32 Å². The summed E-state index contributed by atoms with van der Waals surface area (Å²) in [7, 11) is 0. The maximum Gasteiger partial charge on any atom is 0.0617 e. The van der Waals surface area contributed by atoms with Crippen molar-refractivity contribution in [3.63, 3.8) is 0 Å². The number of hydrogen-bond donors (Lipinski definition) is 1. The molecule has 0 aromatic heterocycles. The monoisotopic (exact) mass is 133 g/mol. The Balaban J connectivity index is 2.25. The highest BCUT2D eigenvalue weighted by atomic mass is 32.2. The van der Waals surface area contributed by atoms with E-state index in [0.29, 0.717) is 0 Å². The van der Waals surface area contributed by atoms with Gasteiger partial charge in [0.25, 0.3) is 0 Å². The molecular formula is C4H7NS2. The molecule has 7 heavy (non-hydrogen) atoms. The quantitative estimate of drug-likeness (QED) is 0.487. The zero-order chi connectivity index (χ0) is 5.11. The SMILES string of the molecule is S=C1CNCCS1. The van der Waals surface area contributed by atoms with Gasteiger partial charge in [0, 0.05) is 18.8 Å². The zero-order valence-electron chi connectivity index (χ0n) is 3.94. The van der Waals surface area contributed by atoms with Gasteiger partial charge in [0.15, 0.2) is 0 Å². The van der Waals surface area contributed by atoms with Crippen LogP contribution >= 0.6 is 24.0 Å². The van der Waals surface area contributed by atoms with Crippen LogP contribution in [0.2, 0.25) is 0 Å². The van der Waals surface area contributed by atoms with Gasteiger partial charge in [-0.15, -0.1) is 11.8 Å². The van der Waals surface area contributed by atoms with E-state index in [9.17, 15) is 0 Å². The van der Waals surface area contributed by atoms with E-state index in [1.807, 2.05) is 0 Å². The fourth-order valence-electron chi connectivity index (χ4n) is 0.479. The smallest absolute Gasteiger partial charge is 0.0617 e. The van der Waals surface area contributed by atoms with E-state index >= 15 is 0 Å². The van der Waals surface area contributed by atoms with Gasteiger partial charge in [-0.25, -0.2) is 0 Å². The molecule has 1 aliphatic rings. The Kier molecular flexibility index (Phi) is 2.09. The molecule has 0 saturated carbocycles. The van der Waals surface area contributed by atoms with Crippen molar-refractivity contribution < 1.29 is 0 Å². The number of rotatable bonds is 0. The lowest BCUT2D eigenvalue weighted by atomic mass is 10.6. The Morgan fingerprint density at radius 3 is 2.86 bits per heavy atom. The van der Waals surface area contributed by atoms with Crippen LogP contribution in [0.4, 0.5) is 0 Å². The maximum atomic E-state index is 4.91. The Labute approximate surface area is 52.9 Å². The predicted octanol–water partition coefficient (Wildman–Crippen LogP) is 0.650. The van der Waals surface area contributed by atoms with Gasteiger partial charge in [-0.3, -0.25) is 0 Å². The minimum atomic E-state index is 0.931. The molecule has 0 bridgehead atoms. The fraction of sp³-hybridized carbons (Fsp3) is 0.750. The van der Waals surface area contributed by atoms with Gasteiger partial charge in [-0.1, -0.05) is 12.2 Å². The van der Waals surface area contributed by atoms with Crippen LogP contribution in [-0.2, 0) is 0 Å². The molecule has 1 fully saturated rings. The highest BCUT2D eigenvalue weighted by molar-refractivity contribution is 8.23. The number of nitrogens with one attached hydrogen (secondary N) is 1. The third-order valence-electron chi connectivity index (χ3n) is 0.811. The highest BCUT2D eigenvalue weighted by Gasteiger charge is 2.01. The third kappa shape index (κ3) is 1.76. The maximum absolute atomic E-state index is 4.91. The second-order valence-corrected chi connectivity index (χ2v) is 3.34. The summed E-state index contributed by atoms with van der Waals surface area (Å²) >= 11 is 6.69. The summed E-state index contributed by atoms with van der Waals surface area (Å²) in [4.78, 5) is 0. The zero-order valence-corrected chi connectivity index (χ0v) is 5.57. The minimum absolute atomic E-state index is 0.931. The van der Waals surface area contributed by atoms with E-state index in [0.717, 1.165) is 23.0 Å². The lowest BCUT2D eigenvalue weighted by Gasteiger charge is -2.10. The standard InChI is InChI=1S/C4H7NS2/c6-4-3-5-1-2-7-4/h5H,1-3H2. The molecule has 40 valence electrons. The second-order valence-electron chi connectivity index (χ2n) is 1.40. The molecule has 1 N–H and O–H groups in total. The van der Waals surface area contributed by atoms with Crippen molar-refractivity contribution in [1.29, 1.82) is 0 Å². The van der Waals surface area contributed by atoms with E-state index in [-0.39, 0.29) is 0 Å². The van der Waals surface area contributed by atoms with Crippen molar-refractivity contribution >= 4 is 28.2 Å². The molecule has 0 aromatic rings. The normalized spacial score (nSPS) is 22.6. The average Bonchev–Trinajstić information content (AvgIpc) is 1.69. The Morgan fingerprint density at radius 1 is 1.71 bits per heavy atom. The van der Waals surface area contributed by atoms with Crippen molar-refractivity contribution in [2.45, 2.75) is 0 Å². The molecule has 1 saturated heterocycles. The first-order chi connectivity index (χ1) is 3.39. The van der Waals surface area contributed by atoms with Crippen LogP contribution in [0.5, 0.6) is 0 Å². The summed E-state index contributed by atoms with van der Waals surface area (Å²) in [6.45, 7) is 2.05. The fourth-order valence-corrected chi connectivity index (χ4v) is 1.51. The van der Waals surface area contributed by atoms with Crippen LogP contribution < -0.4 is 5.32 Å². The molecule has 0 radical (unpaired) electrons. The largest absolute Gasteiger partial charge is 0.310 e. The van der Waals surface area contributed by atoms with Crippen LogP contribution in [0.15, 0.2) is 0 Å². The highest BCUT2D eigenvalue weighted by Crippen LogP contribution is 2.05. The molecule has 0 amide bonds. The lowest BCUT2D eigenvalue weighted by Crippen LogP contribution is -2.28. The van der Waals surface area contributed by atoms with Gasteiger partial charge >= 0.3 is 0 Å². The molecule has 0 unspecified atom stereocenters. The molecule has 1 nitrogen and oxygen atoms in total. The second kappa shape index (κ2) is 2.64. The summed E-state index contributed by atoms with van der Waals surface area (Å²) in [5, 5.41) is 3.17. The summed E-state index contributed by atoms with van der Waals surface area (Å²) in [5.74, 6) is 1.15. The van der Waals surface area contributed by atoms with E-state index in [4.69, 9.17) is 12.2 Å². The van der Waals surface area contributed by atoms with Crippen LogP contribution in [0.1, 0.15) is 0 Å². The van der Waals surface area contributed by atoms with Crippen molar-refractivity contribution in [2.75, 3.05) is 18.8 Å². The number of thiocarbonyl (C=S) groups is 1. The van der Waals surface area contributed by atoms with E-state index in [2.05, 4.69) is 5.32 Å². The first kappa shape index (κ1) is 5.54. The van der Waals surface area contributed by atoms with Crippen molar-refractivity contribution in [2.24, 2.45) is 0 Å². The van der Waals surface area contributed by atoms with Crippen molar-refractivity contribution in [3.8, 4) is 0 Å². The Bertz CT molecular complexity index is 73.8. The molecule has 0 aromatic carbocycles. The first-order valence-electron chi connectivity index (χ1n) is 2.26. The van der Waals surface area contributed by atoms with E-state index in [1.54, 1.807) is 11.8 Å². The third-order valence-corrected chi connectivity index (χ3v) is 2.18. The topological polar surface area (TPSA) is 12.0 Å². The Morgan fingerprint density at radius 2 is 2.57 bits per heavy atom. The van der Waals surface area contributed by atoms with Gasteiger partial charge in [0.05, 0.1) is 4.20 Å². The summed E-state index contributed by atoms with van der Waals surface area (Å²) in [6, 6.07) is 0. The molecule has 1 rings (SSSR count). The molecule has 3 heteroatoms. The van der Waals surface area contributed by atoms with Crippen molar-refractivity contribution in [3.05, 3.63) is 0 Å². The van der Waals surface area contributed by atoms with Gasteiger partial charge in [0.2, 0.25) is 0 Å². The number of hydrogen-bond acceptors (Lipinski definition) is 3. The van der Waals surface area contributed by atoms with Gasteiger partial charge in [-0.05, 0) is 0 Å². The predicted molar refractivity (Wildman–Crippen MR) is 37.9 cm³/mol. The van der Waals surface area contributed by atoms with Crippen LogP contribution in [-0.4, -0.2) is 23.0 Å². The summed E-state index contributed by atoms with van der Waals surface area (Å²) < 4.78 is 1.10. The molecular weight excluding hydrogens is 126 g/mol. The summed E-state index contributed by atoms with van der Waals surface area (Å²) in [5.41, 5.74) is 0. The average molecular weight is 133 g/mol. The Hall–Kier alpha value is 0.400. The van der Waals surface area contributed by atoms with Gasteiger partial charge < -0.3 is 5.32 Å². The van der Waals surface area contributed by atoms with Crippen LogP contribution in [0.25, 0.3) is 0 Å². The summed E-state index contributed by atoms with van der Waals surface area (Å²) in [6.07, 6.45) is 0. The molecule has 0 atom stereocenters. The first-order valence-corrected chi connectivity index (χ1v) is 3.65. The lowest BCUT2D eigenvalue weighted by molar-refractivity contribution is 0.825. The minimum Gasteiger partial charge on any atom is -0.310 e. The van der Waals surface area contributed by atoms with E-state index in [1.165, 1.54) is 0 Å². The molecule has 0 aliphatic carbocycles. The molecule has 1 aliphatic heterocycles. The van der Waals surface area contributed by atoms with Gasteiger partial charge in [-0.2, -0.15) is 0 Å². The molecule has 0 spiro atoms. The molecule has 1 heterocycles. The van der Waals surface area contributed by atoms with E-state index < -0.39 is 0 Å². The van der Waals surface area contributed by atoms with Crippen LogP contribution in [0.3, 0.4) is 0 Å².